The first-order valence-electron chi connectivity index (χ1n) is 5.75. The Labute approximate surface area is 118 Å². The molecule has 0 fully saturated rings. The lowest BCUT2D eigenvalue weighted by Gasteiger charge is -2.12. The summed E-state index contributed by atoms with van der Waals surface area (Å²) in [5, 5.41) is 0. The van der Waals surface area contributed by atoms with Gasteiger partial charge in [0.1, 0.15) is 4.90 Å². The topological polar surface area (TPSA) is 93.1 Å². The molecule has 7 nitrogen and oxygen atoms in total. The van der Waals surface area contributed by atoms with E-state index in [2.05, 4.69) is 4.40 Å². The Bertz CT molecular complexity index is 779. The molecule has 0 radical (unpaired) electrons. The first-order valence-corrected chi connectivity index (χ1v) is 8.63. The van der Waals surface area contributed by atoms with E-state index in [9.17, 15) is 16.8 Å². The number of benzene rings is 1. The van der Waals surface area contributed by atoms with Crippen LogP contribution >= 0.6 is 0 Å². The number of sulfonamides is 2. The lowest BCUT2D eigenvalue weighted by atomic mass is 10.2. The molecule has 0 spiro atoms. The van der Waals surface area contributed by atoms with Gasteiger partial charge in [-0.3, -0.25) is 0 Å². The van der Waals surface area contributed by atoms with E-state index in [0.29, 0.717) is 0 Å². The van der Waals surface area contributed by atoms with Crippen molar-refractivity contribution in [3.63, 3.8) is 0 Å². The Morgan fingerprint density at radius 2 is 1.95 bits per heavy atom. The van der Waals surface area contributed by atoms with E-state index in [1.807, 2.05) is 0 Å². The highest BCUT2D eigenvalue weighted by Gasteiger charge is 2.32. The van der Waals surface area contributed by atoms with Gasteiger partial charge >= 0.3 is 0 Å². The van der Waals surface area contributed by atoms with Crippen LogP contribution in [0.1, 0.15) is 12.5 Å². The zero-order valence-corrected chi connectivity index (χ0v) is 12.8. The molecular formula is C11H14N2O5S2. The number of fused-ring (bicyclic) bond motifs is 1. The maximum absolute atomic E-state index is 12.0. The Morgan fingerprint density at radius 1 is 1.30 bits per heavy atom. The number of nitrogens with zero attached hydrogens (tertiary/aromatic N) is 2. The van der Waals surface area contributed by atoms with Gasteiger partial charge < -0.3 is 4.74 Å². The third-order valence-corrected chi connectivity index (χ3v) is 5.83. The predicted molar refractivity (Wildman–Crippen MR) is 72.7 cm³/mol. The molecule has 0 amide bonds. The monoisotopic (exact) mass is 318 g/mol. The summed E-state index contributed by atoms with van der Waals surface area (Å²) in [7, 11) is -4.86. The van der Waals surface area contributed by atoms with E-state index in [1.165, 1.54) is 26.2 Å². The van der Waals surface area contributed by atoms with Crippen molar-refractivity contribution < 1.29 is 21.6 Å². The molecule has 0 bridgehead atoms. The fourth-order valence-corrected chi connectivity index (χ4v) is 3.89. The average molecular weight is 318 g/mol. The first-order chi connectivity index (χ1) is 9.20. The summed E-state index contributed by atoms with van der Waals surface area (Å²) in [5.41, 5.74) is 0.282. The molecular weight excluding hydrogens is 304 g/mol. The minimum absolute atomic E-state index is 0.00342. The van der Waals surface area contributed by atoms with Gasteiger partial charge in [0.2, 0.25) is 15.9 Å². The van der Waals surface area contributed by atoms with Crippen LogP contribution in [0.4, 0.5) is 0 Å². The molecule has 1 aromatic carbocycles. The van der Waals surface area contributed by atoms with E-state index in [-0.39, 0.29) is 27.9 Å². The molecule has 0 saturated heterocycles. The van der Waals surface area contributed by atoms with Gasteiger partial charge in [-0.05, 0) is 25.1 Å². The summed E-state index contributed by atoms with van der Waals surface area (Å²) >= 11 is 0. The Balaban J connectivity index is 2.62. The maximum atomic E-state index is 12.0. The smallest absolute Gasteiger partial charge is 0.286 e. The SMILES string of the molecule is CCOC1=NS(=O)(=O)c2cc(S(=O)(=O)N(C)C)ccc21. The van der Waals surface area contributed by atoms with Crippen LogP contribution in [0.5, 0.6) is 0 Å². The third kappa shape index (κ3) is 2.32. The van der Waals surface area contributed by atoms with E-state index in [4.69, 9.17) is 4.74 Å². The number of hydrogen-bond donors (Lipinski definition) is 0. The normalized spacial score (nSPS) is 16.9. The van der Waals surface area contributed by atoms with Crippen molar-refractivity contribution in [2.75, 3.05) is 20.7 Å². The Morgan fingerprint density at radius 3 is 2.50 bits per heavy atom. The molecule has 0 saturated carbocycles. The zero-order valence-electron chi connectivity index (χ0n) is 11.2. The standard InChI is InChI=1S/C11H14N2O5S2/c1-4-18-11-9-6-5-8(20(16,17)13(2)3)7-10(9)19(14,15)12-11/h5-7H,4H2,1-3H3. The van der Waals surface area contributed by atoms with Gasteiger partial charge in [0.05, 0.1) is 17.1 Å². The summed E-state index contributed by atoms with van der Waals surface area (Å²) < 4.78 is 57.5. The second-order valence-electron chi connectivity index (χ2n) is 4.25. The Kier molecular flexibility index (Phi) is 3.61. The largest absolute Gasteiger partial charge is 0.477 e. The van der Waals surface area contributed by atoms with Gasteiger partial charge in [-0.2, -0.15) is 8.42 Å². The fraction of sp³-hybridized carbons (Fsp3) is 0.364. The summed E-state index contributed by atoms with van der Waals surface area (Å²) in [6, 6.07) is 3.84. The van der Waals surface area contributed by atoms with Crippen LogP contribution < -0.4 is 0 Å². The lowest BCUT2D eigenvalue weighted by molar-refractivity contribution is 0.329. The maximum Gasteiger partial charge on any atom is 0.286 e. The van der Waals surface area contributed by atoms with Crippen molar-refractivity contribution >= 4 is 25.9 Å². The molecule has 110 valence electrons. The molecule has 2 rings (SSSR count). The van der Waals surface area contributed by atoms with Gasteiger partial charge in [-0.1, -0.05) is 0 Å². The number of ether oxygens (including phenoxy) is 1. The summed E-state index contributed by atoms with van der Waals surface area (Å²) in [6.45, 7) is 1.98. The molecule has 0 aliphatic carbocycles. The lowest BCUT2D eigenvalue weighted by Crippen LogP contribution is -2.22. The number of rotatable bonds is 3. The van der Waals surface area contributed by atoms with Crippen molar-refractivity contribution in [1.82, 2.24) is 4.31 Å². The van der Waals surface area contributed by atoms with Gasteiger partial charge in [-0.15, -0.1) is 4.40 Å². The third-order valence-electron chi connectivity index (χ3n) is 2.72. The molecule has 9 heteroatoms. The zero-order chi connectivity index (χ0) is 15.1. The molecule has 0 atom stereocenters. The fourth-order valence-electron chi connectivity index (χ4n) is 1.71. The van der Waals surface area contributed by atoms with Crippen LogP contribution in [0.2, 0.25) is 0 Å². The van der Waals surface area contributed by atoms with Gasteiger partial charge in [0.15, 0.2) is 0 Å². The van der Waals surface area contributed by atoms with Crippen LogP contribution in [0, 0.1) is 0 Å². The van der Waals surface area contributed by atoms with E-state index < -0.39 is 20.0 Å². The van der Waals surface area contributed by atoms with Gasteiger partial charge in [0, 0.05) is 14.1 Å². The van der Waals surface area contributed by atoms with E-state index >= 15 is 0 Å². The molecule has 0 unspecified atom stereocenters. The van der Waals surface area contributed by atoms with Crippen LogP contribution in [0.3, 0.4) is 0 Å². The Hall–Kier alpha value is -1.45. The van der Waals surface area contributed by atoms with Crippen molar-refractivity contribution in [1.29, 1.82) is 0 Å². The van der Waals surface area contributed by atoms with Crippen molar-refractivity contribution in [3.8, 4) is 0 Å². The average Bonchev–Trinajstić information content (AvgIpc) is 2.61. The van der Waals surface area contributed by atoms with E-state index in [1.54, 1.807) is 6.92 Å². The van der Waals surface area contributed by atoms with Crippen molar-refractivity contribution in [2.45, 2.75) is 16.7 Å². The first kappa shape index (κ1) is 14.9. The predicted octanol–water partition coefficient (Wildman–Crippen LogP) is 0.422. The van der Waals surface area contributed by atoms with Crippen LogP contribution in [0.25, 0.3) is 0 Å². The van der Waals surface area contributed by atoms with Gasteiger partial charge in [0.25, 0.3) is 10.0 Å². The molecule has 0 aromatic heterocycles. The van der Waals surface area contributed by atoms with E-state index in [0.717, 1.165) is 10.4 Å². The minimum atomic E-state index is -3.91. The highest BCUT2D eigenvalue weighted by molar-refractivity contribution is 7.91. The van der Waals surface area contributed by atoms with Crippen LogP contribution in [-0.2, 0) is 24.8 Å². The quantitative estimate of drug-likeness (QED) is 0.805. The molecule has 1 heterocycles. The minimum Gasteiger partial charge on any atom is -0.477 e. The molecule has 1 aliphatic rings. The highest BCUT2D eigenvalue weighted by Crippen LogP contribution is 2.29. The molecule has 0 N–H and O–H groups in total. The second-order valence-corrected chi connectivity index (χ2v) is 7.97. The summed E-state index contributed by atoms with van der Waals surface area (Å²) in [6.07, 6.45) is 0. The molecule has 1 aromatic rings. The molecule has 1 aliphatic heterocycles. The van der Waals surface area contributed by atoms with Gasteiger partial charge in [-0.25, -0.2) is 12.7 Å². The van der Waals surface area contributed by atoms with Crippen LogP contribution in [-0.4, -0.2) is 47.7 Å². The van der Waals surface area contributed by atoms with Crippen molar-refractivity contribution in [3.05, 3.63) is 23.8 Å². The second kappa shape index (κ2) is 4.83. The molecule has 20 heavy (non-hydrogen) atoms. The van der Waals surface area contributed by atoms with Crippen molar-refractivity contribution in [2.24, 2.45) is 4.40 Å². The number of hydrogen-bond acceptors (Lipinski definition) is 5. The highest BCUT2D eigenvalue weighted by atomic mass is 32.2. The summed E-state index contributed by atoms with van der Waals surface area (Å²) in [5.74, 6) is -0.00342. The van der Waals surface area contributed by atoms with Crippen LogP contribution in [0.15, 0.2) is 32.4 Å². The summed E-state index contributed by atoms with van der Waals surface area (Å²) in [4.78, 5) is -0.248.